The molecule has 7 heavy (non-hydrogen) atoms. The van der Waals surface area contributed by atoms with Gasteiger partial charge in [-0.1, -0.05) is 0 Å². The minimum absolute atomic E-state index is 0. The number of hydrogen-bond donors (Lipinski definition) is 0. The molecule has 0 saturated carbocycles. The van der Waals surface area contributed by atoms with E-state index in [0.29, 0.717) is 0 Å². The van der Waals surface area contributed by atoms with E-state index in [1.54, 1.807) is 0 Å². The third kappa shape index (κ3) is 19.9. The Morgan fingerprint density at radius 2 is 1.71 bits per heavy atom. The molecule has 0 N–H and O–H groups in total. The number of rotatable bonds is 1. The molecular weight excluding hydrogens is 178 g/mol. The third-order valence-electron chi connectivity index (χ3n) is 0.191. The first-order valence-corrected chi connectivity index (χ1v) is 2.13. The quantitative estimate of drug-likeness (QED) is 0.436. The summed E-state index contributed by atoms with van der Waals surface area (Å²) in [6.07, 6.45) is 0. The zero-order valence-corrected chi connectivity index (χ0v) is 6.67. The second-order valence-corrected chi connectivity index (χ2v) is 1.42. The summed E-state index contributed by atoms with van der Waals surface area (Å²) in [7, 11) is 0. The molecule has 0 aromatic carbocycles. The van der Waals surface area contributed by atoms with E-state index in [0.717, 1.165) is 11.0 Å². The molecule has 0 amide bonds. The van der Waals surface area contributed by atoms with Crippen molar-refractivity contribution in [2.75, 3.05) is 0 Å². The average Bonchev–Trinajstić information content (AvgIpc) is 1.38. The van der Waals surface area contributed by atoms with Crippen LogP contribution in [0.4, 0.5) is 0 Å². The average molecular weight is 187 g/mol. The van der Waals surface area contributed by atoms with Gasteiger partial charge in [-0.05, 0) is 0 Å². The van der Waals surface area contributed by atoms with Crippen molar-refractivity contribution in [2.24, 2.45) is 0 Å². The maximum Gasteiger partial charge on any atom is -0.147 e. The minimum Gasteiger partial charge on any atom is -0.147 e. The van der Waals surface area contributed by atoms with Gasteiger partial charge in [-0.2, -0.15) is 0 Å². The van der Waals surface area contributed by atoms with Gasteiger partial charge in [0, 0.05) is 0 Å². The summed E-state index contributed by atoms with van der Waals surface area (Å²) < 4.78 is 0. The molecule has 0 radical (unpaired) electrons. The largest absolute Gasteiger partial charge is 0.147 e. The van der Waals surface area contributed by atoms with E-state index in [1.165, 1.54) is 0 Å². The second-order valence-electron chi connectivity index (χ2n) is 1.07. The van der Waals surface area contributed by atoms with Crippen LogP contribution in [0.1, 0.15) is 6.92 Å². The van der Waals surface area contributed by atoms with Crippen LogP contribution < -0.4 is 0 Å². The van der Waals surface area contributed by atoms with Gasteiger partial charge in [-0.3, -0.25) is 0 Å². The van der Waals surface area contributed by atoms with Gasteiger partial charge in [0.2, 0.25) is 0 Å². The molecule has 0 aliphatic rings. The first kappa shape index (κ1) is 15.7. The molecule has 49 valence electrons. The standard InChI is InChI=1S/C4H7.2ClH.Ni/c1-4(2)3;;;/h1-2H2,3H3;2*1H;. The molecule has 0 spiro atoms. The van der Waals surface area contributed by atoms with Crippen molar-refractivity contribution in [3.63, 3.8) is 0 Å². The van der Waals surface area contributed by atoms with Crippen LogP contribution in [0.2, 0.25) is 5.39 Å². The first-order valence-electron chi connectivity index (χ1n) is 1.43. The van der Waals surface area contributed by atoms with Crippen molar-refractivity contribution in [1.29, 1.82) is 0 Å². The van der Waals surface area contributed by atoms with Crippen LogP contribution in [0.25, 0.3) is 0 Å². The maximum absolute atomic E-state index is 4.33. The Bertz CT molecular complexity index is 45.0. The van der Waals surface area contributed by atoms with Crippen LogP contribution in [0.3, 0.4) is 0 Å². The molecule has 0 fully saturated rings. The fraction of sp³-hybridized carbons (Fsp3) is 0.500. The van der Waals surface area contributed by atoms with Crippen molar-refractivity contribution in [1.82, 2.24) is 0 Å². The fourth-order valence-corrected chi connectivity index (χ4v) is 0. The maximum atomic E-state index is 4.33. The predicted molar refractivity (Wildman–Crippen MR) is 34.1 cm³/mol. The molecule has 0 aliphatic carbocycles. The van der Waals surface area contributed by atoms with Crippen molar-refractivity contribution in [3.05, 3.63) is 12.2 Å². The molecule has 0 heterocycles. The second kappa shape index (κ2) is 9.94. The number of allylic oxidation sites excluding steroid dienone is 1. The summed E-state index contributed by atoms with van der Waals surface area (Å²) in [6.45, 7) is 5.51. The van der Waals surface area contributed by atoms with Gasteiger partial charge in [0.1, 0.15) is 0 Å². The molecule has 0 nitrogen and oxygen atoms in total. The van der Waals surface area contributed by atoms with Crippen molar-refractivity contribution in [3.8, 4) is 0 Å². The van der Waals surface area contributed by atoms with Crippen LogP contribution in [-0.2, 0) is 15.5 Å². The molecule has 3 heteroatoms. The zero-order valence-electron chi connectivity index (χ0n) is 4.05. The monoisotopic (exact) mass is 185 g/mol. The summed E-state index contributed by atoms with van der Waals surface area (Å²) in [5.74, 6) is 0. The molecule has 0 unspecified atom stereocenters. The molecular formula is C4H9Cl2Ni. The molecule has 0 bridgehead atoms. The van der Waals surface area contributed by atoms with Gasteiger partial charge in [-0.15, -0.1) is 24.8 Å². The Hall–Kier alpha value is 0.814. The molecule has 0 aromatic heterocycles. The summed E-state index contributed by atoms with van der Waals surface area (Å²) >= 11 is 4.33. The van der Waals surface area contributed by atoms with Gasteiger partial charge < -0.3 is 0 Å². The van der Waals surface area contributed by atoms with Crippen LogP contribution >= 0.6 is 24.8 Å². The van der Waals surface area contributed by atoms with Gasteiger partial charge >= 0.3 is 39.9 Å². The Labute approximate surface area is 64.9 Å². The molecule has 0 aromatic rings. The minimum atomic E-state index is 0. The predicted octanol–water partition coefficient (Wildman–Crippen LogP) is 2.37. The van der Waals surface area contributed by atoms with Gasteiger partial charge in [0.25, 0.3) is 0 Å². The van der Waals surface area contributed by atoms with E-state index in [-0.39, 0.29) is 24.8 Å². The zero-order chi connectivity index (χ0) is 4.28. The molecule has 0 aliphatic heterocycles. The van der Waals surface area contributed by atoms with E-state index in [2.05, 4.69) is 22.0 Å². The van der Waals surface area contributed by atoms with Crippen LogP contribution in [-0.4, -0.2) is 0 Å². The summed E-state index contributed by atoms with van der Waals surface area (Å²) in [4.78, 5) is 0. The molecule has 0 atom stereocenters. The number of halogens is 2. The van der Waals surface area contributed by atoms with E-state index in [9.17, 15) is 0 Å². The van der Waals surface area contributed by atoms with Crippen LogP contribution in [0.5, 0.6) is 0 Å². The smallest absolute Gasteiger partial charge is 0.147 e. The Morgan fingerprint density at radius 3 is 1.71 bits per heavy atom. The SMILES string of the molecule is C=C(C)[CH2][Ni].Cl.Cl. The van der Waals surface area contributed by atoms with Gasteiger partial charge in [0.05, 0.1) is 0 Å². The van der Waals surface area contributed by atoms with E-state index in [4.69, 9.17) is 0 Å². The first-order chi connectivity index (χ1) is 2.27. The summed E-state index contributed by atoms with van der Waals surface area (Å²) in [6, 6.07) is 0. The van der Waals surface area contributed by atoms with Crippen LogP contribution in [0, 0.1) is 0 Å². The van der Waals surface area contributed by atoms with Gasteiger partial charge in [-0.25, -0.2) is 0 Å². The third-order valence-corrected chi connectivity index (χ3v) is 0.787. The van der Waals surface area contributed by atoms with E-state index < -0.39 is 0 Å². The Kier molecular flexibility index (Phi) is 22.2. The normalized spacial score (nSPS) is 5.57. The Balaban J connectivity index is -0.0000000800. The number of hydrogen-bond acceptors (Lipinski definition) is 0. The summed E-state index contributed by atoms with van der Waals surface area (Å²) in [5.41, 5.74) is 1.09. The van der Waals surface area contributed by atoms with Crippen molar-refractivity contribution in [2.45, 2.75) is 12.3 Å². The van der Waals surface area contributed by atoms with E-state index in [1.807, 2.05) is 6.92 Å². The topological polar surface area (TPSA) is 0 Å². The Morgan fingerprint density at radius 1 is 1.57 bits per heavy atom. The van der Waals surface area contributed by atoms with E-state index >= 15 is 0 Å². The molecule has 0 rings (SSSR count). The van der Waals surface area contributed by atoms with Crippen molar-refractivity contribution < 1.29 is 15.5 Å². The van der Waals surface area contributed by atoms with Gasteiger partial charge in [0.15, 0.2) is 0 Å². The van der Waals surface area contributed by atoms with Crippen LogP contribution in [0.15, 0.2) is 12.2 Å². The van der Waals surface area contributed by atoms with Crippen molar-refractivity contribution >= 4 is 24.8 Å². The fourth-order valence-electron chi connectivity index (χ4n) is 0. The molecule has 0 saturated heterocycles. The summed E-state index contributed by atoms with van der Waals surface area (Å²) in [5, 5.41) is 0.736.